The quantitative estimate of drug-likeness (QED) is 0.524. The first-order valence-corrected chi connectivity index (χ1v) is 6.46. The maximum atomic E-state index is 2.46. The Balaban J connectivity index is 0.00000196. The lowest BCUT2D eigenvalue weighted by molar-refractivity contribution is -0.944. The lowest BCUT2D eigenvalue weighted by Crippen LogP contribution is -3.00. The van der Waals surface area contributed by atoms with Crippen LogP contribution in [0.15, 0.2) is 0 Å². The molecule has 1 nitrogen and oxygen atoms in total. The van der Waals surface area contributed by atoms with E-state index in [4.69, 9.17) is 0 Å². The van der Waals surface area contributed by atoms with Crippen LogP contribution in [-0.2, 0) is 0 Å². The van der Waals surface area contributed by atoms with Crippen molar-refractivity contribution in [2.75, 3.05) is 14.1 Å². The number of likely N-dealkylation sites (tertiary alicyclic amines) is 1. The number of quaternary nitrogens is 1. The molecule has 0 aromatic rings. The zero-order valence-corrected chi connectivity index (χ0v) is 13.1. The van der Waals surface area contributed by atoms with Gasteiger partial charge in [0.05, 0.1) is 26.2 Å². The Morgan fingerprint density at radius 2 is 1.33 bits per heavy atom. The van der Waals surface area contributed by atoms with Crippen molar-refractivity contribution in [2.45, 2.75) is 70.9 Å². The number of piperidine rings is 1. The second-order valence-electron chi connectivity index (χ2n) is 5.44. The van der Waals surface area contributed by atoms with Crippen LogP contribution in [0.2, 0.25) is 0 Å². The molecule has 0 N–H and O–H groups in total. The Bertz CT molecular complexity index is 148. The molecular weight excluding hydrogens is 297 g/mol. The van der Waals surface area contributed by atoms with Crippen LogP contribution < -0.4 is 24.0 Å². The first-order valence-electron chi connectivity index (χ1n) is 6.46. The largest absolute Gasteiger partial charge is 1.00 e. The molecule has 0 radical (unpaired) electrons. The standard InChI is InChI=1S/C13H28N.HI/c1-5-8-12-10-7-11-13(9-6-2)14(12,3)4;/h12-13H,5-11H2,1-4H3;1H/q+1;/p-1/t12-,13+;. The summed E-state index contributed by atoms with van der Waals surface area (Å²) in [4.78, 5) is 0. The molecule has 0 saturated carbocycles. The molecule has 1 saturated heterocycles. The van der Waals surface area contributed by atoms with Crippen LogP contribution in [0.5, 0.6) is 0 Å². The van der Waals surface area contributed by atoms with Gasteiger partial charge in [-0.25, -0.2) is 0 Å². The topological polar surface area (TPSA) is 0 Å². The van der Waals surface area contributed by atoms with E-state index in [1.807, 2.05) is 0 Å². The number of halogens is 1. The minimum Gasteiger partial charge on any atom is -1.00 e. The number of rotatable bonds is 4. The van der Waals surface area contributed by atoms with Crippen LogP contribution in [0.1, 0.15) is 58.8 Å². The average molecular weight is 325 g/mol. The van der Waals surface area contributed by atoms with Gasteiger partial charge >= 0.3 is 0 Å². The summed E-state index contributed by atoms with van der Waals surface area (Å²) in [7, 11) is 4.92. The third kappa shape index (κ3) is 3.88. The van der Waals surface area contributed by atoms with E-state index in [9.17, 15) is 0 Å². The SMILES string of the molecule is CCC[C@@H]1CCC[C@H](CCC)[N+]1(C)C.[I-]. The van der Waals surface area contributed by atoms with Crippen molar-refractivity contribution < 1.29 is 28.5 Å². The van der Waals surface area contributed by atoms with Crippen LogP contribution in [0.25, 0.3) is 0 Å². The lowest BCUT2D eigenvalue weighted by atomic mass is 9.89. The van der Waals surface area contributed by atoms with Crippen molar-refractivity contribution in [3.63, 3.8) is 0 Å². The molecule has 0 amide bonds. The molecule has 0 unspecified atom stereocenters. The third-order valence-corrected chi connectivity index (χ3v) is 4.20. The Morgan fingerprint density at radius 1 is 0.933 bits per heavy atom. The van der Waals surface area contributed by atoms with E-state index in [-0.39, 0.29) is 24.0 Å². The van der Waals surface area contributed by atoms with E-state index >= 15 is 0 Å². The molecule has 1 heterocycles. The van der Waals surface area contributed by atoms with Crippen LogP contribution in [0, 0.1) is 0 Å². The molecule has 0 aromatic heterocycles. The van der Waals surface area contributed by atoms with Crippen molar-refractivity contribution in [1.29, 1.82) is 0 Å². The van der Waals surface area contributed by atoms with Crippen molar-refractivity contribution in [3.8, 4) is 0 Å². The summed E-state index contributed by atoms with van der Waals surface area (Å²) in [5.74, 6) is 0. The highest BCUT2D eigenvalue weighted by molar-refractivity contribution is 4.71. The van der Waals surface area contributed by atoms with Gasteiger partial charge in [-0.15, -0.1) is 0 Å². The Kier molecular flexibility index (Phi) is 7.43. The van der Waals surface area contributed by atoms with Gasteiger partial charge in [0.15, 0.2) is 0 Å². The first-order chi connectivity index (χ1) is 6.62. The maximum Gasteiger partial charge on any atom is 0.0888 e. The minimum atomic E-state index is 0. The number of hydrogen-bond acceptors (Lipinski definition) is 0. The molecule has 92 valence electrons. The van der Waals surface area contributed by atoms with E-state index < -0.39 is 0 Å². The van der Waals surface area contributed by atoms with Gasteiger partial charge in [0.1, 0.15) is 0 Å². The molecule has 0 aromatic carbocycles. The fraction of sp³-hybridized carbons (Fsp3) is 1.00. The summed E-state index contributed by atoms with van der Waals surface area (Å²) < 4.78 is 1.29. The van der Waals surface area contributed by atoms with Crippen molar-refractivity contribution in [1.82, 2.24) is 0 Å². The van der Waals surface area contributed by atoms with Gasteiger partial charge in [0.2, 0.25) is 0 Å². The summed E-state index contributed by atoms with van der Waals surface area (Å²) in [5, 5.41) is 0. The predicted octanol–water partition coefficient (Wildman–Crippen LogP) is 0.588. The van der Waals surface area contributed by atoms with Gasteiger partial charge in [0.25, 0.3) is 0 Å². The van der Waals surface area contributed by atoms with Crippen LogP contribution in [0.3, 0.4) is 0 Å². The number of nitrogens with zero attached hydrogens (tertiary/aromatic N) is 1. The lowest BCUT2D eigenvalue weighted by Gasteiger charge is -2.48. The van der Waals surface area contributed by atoms with Gasteiger partial charge < -0.3 is 28.5 Å². The Hall–Kier alpha value is 0.690. The molecule has 0 spiro atoms. The maximum absolute atomic E-state index is 2.46. The molecule has 1 rings (SSSR count). The van der Waals surface area contributed by atoms with E-state index in [0.717, 1.165) is 12.1 Å². The van der Waals surface area contributed by atoms with Crippen LogP contribution in [0.4, 0.5) is 0 Å². The molecule has 1 fully saturated rings. The van der Waals surface area contributed by atoms with E-state index in [1.165, 1.54) is 49.4 Å². The molecule has 1 aliphatic rings. The molecule has 0 aliphatic carbocycles. The smallest absolute Gasteiger partial charge is 0.0888 e. The first kappa shape index (κ1) is 15.7. The van der Waals surface area contributed by atoms with Gasteiger partial charge in [0, 0.05) is 0 Å². The molecule has 2 atom stereocenters. The monoisotopic (exact) mass is 325 g/mol. The fourth-order valence-electron chi connectivity index (χ4n) is 3.17. The highest BCUT2D eigenvalue weighted by atomic mass is 127. The third-order valence-electron chi connectivity index (χ3n) is 4.20. The number of hydrogen-bond donors (Lipinski definition) is 0. The second kappa shape index (κ2) is 7.10. The average Bonchev–Trinajstić information content (AvgIpc) is 2.13. The summed E-state index contributed by atoms with van der Waals surface area (Å²) in [6, 6.07) is 1.87. The Labute approximate surface area is 113 Å². The van der Waals surface area contributed by atoms with E-state index in [1.54, 1.807) is 0 Å². The van der Waals surface area contributed by atoms with E-state index in [2.05, 4.69) is 27.9 Å². The second-order valence-corrected chi connectivity index (χ2v) is 5.44. The summed E-state index contributed by atoms with van der Waals surface area (Å²) in [6.07, 6.45) is 9.94. The van der Waals surface area contributed by atoms with Gasteiger partial charge in [-0.3, -0.25) is 0 Å². The zero-order valence-electron chi connectivity index (χ0n) is 10.9. The fourth-order valence-corrected chi connectivity index (χ4v) is 3.17. The van der Waals surface area contributed by atoms with Gasteiger partial charge in [-0.2, -0.15) is 0 Å². The van der Waals surface area contributed by atoms with Crippen LogP contribution in [-0.4, -0.2) is 30.7 Å². The van der Waals surface area contributed by atoms with Crippen molar-refractivity contribution in [2.24, 2.45) is 0 Å². The Morgan fingerprint density at radius 3 is 1.67 bits per heavy atom. The zero-order chi connectivity index (χ0) is 10.6. The van der Waals surface area contributed by atoms with Crippen molar-refractivity contribution >= 4 is 0 Å². The normalized spacial score (nSPS) is 29.6. The predicted molar refractivity (Wildman–Crippen MR) is 63.4 cm³/mol. The van der Waals surface area contributed by atoms with Gasteiger partial charge in [-0.1, -0.05) is 26.7 Å². The highest BCUT2D eigenvalue weighted by Gasteiger charge is 2.38. The molecule has 0 bridgehead atoms. The van der Waals surface area contributed by atoms with Gasteiger partial charge in [-0.05, 0) is 32.1 Å². The summed E-state index contributed by atoms with van der Waals surface area (Å²) >= 11 is 0. The van der Waals surface area contributed by atoms with Crippen molar-refractivity contribution in [3.05, 3.63) is 0 Å². The molecule has 2 heteroatoms. The summed E-state index contributed by atoms with van der Waals surface area (Å²) in [5.41, 5.74) is 0. The minimum absolute atomic E-state index is 0. The van der Waals surface area contributed by atoms with Crippen LogP contribution >= 0.6 is 0 Å². The summed E-state index contributed by atoms with van der Waals surface area (Å²) in [6.45, 7) is 4.65. The molecule has 1 aliphatic heterocycles. The molecular formula is C13H28IN. The highest BCUT2D eigenvalue weighted by Crippen LogP contribution is 2.32. The van der Waals surface area contributed by atoms with E-state index in [0.29, 0.717) is 0 Å². The molecule has 15 heavy (non-hydrogen) atoms.